The minimum Gasteiger partial charge on any atom is -0.353 e. The Bertz CT molecular complexity index is 337. The predicted octanol–water partition coefficient (Wildman–Crippen LogP) is 3.78. The third-order valence-corrected chi connectivity index (χ3v) is 3.16. The molecule has 1 atom stereocenters. The number of hydrogen-bond acceptors (Lipinski definition) is 3. The molecule has 0 fully saturated rings. The lowest BCUT2D eigenvalue weighted by Crippen LogP contribution is -2.26. The summed E-state index contributed by atoms with van der Waals surface area (Å²) in [4.78, 5) is 0. The zero-order valence-electron chi connectivity index (χ0n) is 12.0. The third kappa shape index (κ3) is 6.39. The van der Waals surface area contributed by atoms with Gasteiger partial charge in [0, 0.05) is 37.2 Å². The normalized spacial score (nSPS) is 12.9. The van der Waals surface area contributed by atoms with E-state index in [4.69, 9.17) is 21.1 Å². The van der Waals surface area contributed by atoms with Crippen molar-refractivity contribution in [2.75, 3.05) is 19.8 Å². The fourth-order valence-corrected chi connectivity index (χ4v) is 2.00. The molecule has 0 saturated carbocycles. The highest BCUT2D eigenvalue weighted by molar-refractivity contribution is 6.30. The summed E-state index contributed by atoms with van der Waals surface area (Å²) >= 11 is 5.88. The van der Waals surface area contributed by atoms with Gasteiger partial charge in [-0.15, -0.1) is 0 Å². The molecule has 0 aliphatic heterocycles. The average Bonchev–Trinajstić information content (AvgIpc) is 2.40. The molecular weight excluding hydrogens is 262 g/mol. The Labute approximate surface area is 121 Å². The molecule has 0 spiro atoms. The van der Waals surface area contributed by atoms with Gasteiger partial charge in [0.05, 0.1) is 0 Å². The summed E-state index contributed by atoms with van der Waals surface area (Å²) in [6.07, 6.45) is 0.736. The molecule has 0 radical (unpaired) electrons. The van der Waals surface area contributed by atoms with Crippen LogP contribution in [0, 0.1) is 0 Å². The molecule has 108 valence electrons. The van der Waals surface area contributed by atoms with Crippen molar-refractivity contribution in [2.24, 2.45) is 0 Å². The molecule has 0 unspecified atom stereocenters. The molecule has 1 N–H and O–H groups in total. The molecule has 1 aromatic rings. The van der Waals surface area contributed by atoms with E-state index >= 15 is 0 Å². The van der Waals surface area contributed by atoms with E-state index in [0.717, 1.165) is 18.0 Å². The largest absolute Gasteiger partial charge is 0.353 e. The maximum atomic E-state index is 5.88. The molecular formula is C15H24ClNO2. The van der Waals surface area contributed by atoms with Gasteiger partial charge in [-0.3, -0.25) is 0 Å². The van der Waals surface area contributed by atoms with Crippen LogP contribution in [0.1, 0.15) is 38.8 Å². The molecule has 0 aliphatic rings. The molecule has 0 amide bonds. The Morgan fingerprint density at radius 2 is 1.68 bits per heavy atom. The second-order valence-corrected chi connectivity index (χ2v) is 4.79. The number of hydrogen-bond donors (Lipinski definition) is 1. The number of ether oxygens (including phenoxy) is 2. The zero-order chi connectivity index (χ0) is 14.1. The standard InChI is InChI=1S/C15H24ClNO2/c1-4-18-15(19-5-2)10-11-17-12(3)13-6-8-14(16)9-7-13/h6-9,12,15,17H,4-5,10-11H2,1-3H3/t12-/m1/s1. The summed E-state index contributed by atoms with van der Waals surface area (Å²) in [7, 11) is 0. The first-order chi connectivity index (χ1) is 9.17. The van der Waals surface area contributed by atoms with Crippen LogP contribution in [0.5, 0.6) is 0 Å². The average molecular weight is 286 g/mol. The maximum Gasteiger partial charge on any atom is 0.158 e. The molecule has 1 aromatic carbocycles. The summed E-state index contributed by atoms with van der Waals surface area (Å²) in [6.45, 7) is 8.31. The first-order valence-corrected chi connectivity index (χ1v) is 7.27. The van der Waals surface area contributed by atoms with Crippen LogP contribution in [0.15, 0.2) is 24.3 Å². The zero-order valence-corrected chi connectivity index (χ0v) is 12.7. The van der Waals surface area contributed by atoms with Crippen LogP contribution in [-0.2, 0) is 9.47 Å². The number of benzene rings is 1. The summed E-state index contributed by atoms with van der Waals surface area (Å²) in [6, 6.07) is 8.21. The second kappa shape index (κ2) is 9.32. The van der Waals surface area contributed by atoms with Gasteiger partial charge in [0.2, 0.25) is 0 Å². The Hall–Kier alpha value is -0.610. The molecule has 0 saturated heterocycles. The second-order valence-electron chi connectivity index (χ2n) is 4.36. The van der Waals surface area contributed by atoms with Gasteiger partial charge < -0.3 is 14.8 Å². The summed E-state index contributed by atoms with van der Waals surface area (Å²) in [5, 5.41) is 4.23. The fourth-order valence-electron chi connectivity index (χ4n) is 1.87. The minimum absolute atomic E-state index is 0.111. The van der Waals surface area contributed by atoms with Crippen LogP contribution in [0.3, 0.4) is 0 Å². The van der Waals surface area contributed by atoms with E-state index in [1.54, 1.807) is 0 Å². The van der Waals surface area contributed by atoms with E-state index < -0.39 is 0 Å². The molecule has 1 rings (SSSR count). The molecule has 0 heterocycles. The van der Waals surface area contributed by atoms with Crippen LogP contribution in [0.25, 0.3) is 0 Å². The first-order valence-electron chi connectivity index (χ1n) is 6.89. The van der Waals surface area contributed by atoms with Crippen LogP contribution in [-0.4, -0.2) is 26.0 Å². The van der Waals surface area contributed by atoms with Gasteiger partial charge in [-0.1, -0.05) is 23.7 Å². The Morgan fingerprint density at radius 3 is 2.21 bits per heavy atom. The van der Waals surface area contributed by atoms with E-state index in [-0.39, 0.29) is 6.29 Å². The van der Waals surface area contributed by atoms with Crippen molar-refractivity contribution in [1.82, 2.24) is 5.32 Å². The monoisotopic (exact) mass is 285 g/mol. The van der Waals surface area contributed by atoms with Gasteiger partial charge >= 0.3 is 0 Å². The highest BCUT2D eigenvalue weighted by Crippen LogP contribution is 2.16. The molecule has 19 heavy (non-hydrogen) atoms. The highest BCUT2D eigenvalue weighted by Gasteiger charge is 2.09. The fraction of sp³-hybridized carbons (Fsp3) is 0.600. The maximum absolute atomic E-state index is 5.88. The van der Waals surface area contributed by atoms with Crippen molar-refractivity contribution in [1.29, 1.82) is 0 Å². The van der Waals surface area contributed by atoms with Crippen molar-refractivity contribution < 1.29 is 9.47 Å². The van der Waals surface area contributed by atoms with E-state index in [9.17, 15) is 0 Å². The van der Waals surface area contributed by atoms with Gasteiger partial charge in [0.1, 0.15) is 0 Å². The first kappa shape index (κ1) is 16.4. The Morgan fingerprint density at radius 1 is 1.11 bits per heavy atom. The van der Waals surface area contributed by atoms with Crippen molar-refractivity contribution in [3.05, 3.63) is 34.9 Å². The van der Waals surface area contributed by atoms with E-state index in [2.05, 4.69) is 12.2 Å². The number of rotatable bonds is 9. The third-order valence-electron chi connectivity index (χ3n) is 2.91. The van der Waals surface area contributed by atoms with Crippen LogP contribution < -0.4 is 5.32 Å². The smallest absolute Gasteiger partial charge is 0.158 e. The summed E-state index contributed by atoms with van der Waals surface area (Å²) in [5.41, 5.74) is 1.23. The number of nitrogens with one attached hydrogen (secondary N) is 1. The van der Waals surface area contributed by atoms with Crippen molar-refractivity contribution >= 4 is 11.6 Å². The van der Waals surface area contributed by atoms with Crippen LogP contribution in [0.4, 0.5) is 0 Å². The lowest BCUT2D eigenvalue weighted by atomic mass is 10.1. The summed E-state index contributed by atoms with van der Waals surface area (Å²) in [5.74, 6) is 0. The topological polar surface area (TPSA) is 30.5 Å². The summed E-state index contributed by atoms with van der Waals surface area (Å²) < 4.78 is 11.0. The number of halogens is 1. The highest BCUT2D eigenvalue weighted by atomic mass is 35.5. The van der Waals surface area contributed by atoms with Gasteiger partial charge in [0.15, 0.2) is 6.29 Å². The lowest BCUT2D eigenvalue weighted by Gasteiger charge is -2.19. The van der Waals surface area contributed by atoms with Crippen LogP contribution in [0.2, 0.25) is 5.02 Å². The lowest BCUT2D eigenvalue weighted by molar-refractivity contribution is -0.138. The van der Waals surface area contributed by atoms with Crippen molar-refractivity contribution in [3.8, 4) is 0 Å². The van der Waals surface area contributed by atoms with Crippen LogP contribution >= 0.6 is 11.6 Å². The van der Waals surface area contributed by atoms with E-state index in [0.29, 0.717) is 19.3 Å². The van der Waals surface area contributed by atoms with Crippen molar-refractivity contribution in [3.63, 3.8) is 0 Å². The SMILES string of the molecule is CCOC(CCN[C@H](C)c1ccc(Cl)cc1)OCC. The van der Waals surface area contributed by atoms with Crippen molar-refractivity contribution in [2.45, 2.75) is 39.5 Å². The molecule has 0 bridgehead atoms. The molecule has 4 heteroatoms. The predicted molar refractivity (Wildman–Crippen MR) is 79.5 cm³/mol. The molecule has 0 aromatic heterocycles. The molecule has 3 nitrogen and oxygen atoms in total. The van der Waals surface area contributed by atoms with Gasteiger partial charge in [-0.25, -0.2) is 0 Å². The van der Waals surface area contributed by atoms with Gasteiger partial charge in [0.25, 0.3) is 0 Å². The van der Waals surface area contributed by atoms with Gasteiger partial charge in [-0.2, -0.15) is 0 Å². The molecule has 0 aliphatic carbocycles. The van der Waals surface area contributed by atoms with Gasteiger partial charge in [-0.05, 0) is 38.5 Å². The Kier molecular flexibility index (Phi) is 8.07. The van der Waals surface area contributed by atoms with E-state index in [1.165, 1.54) is 5.56 Å². The van der Waals surface area contributed by atoms with E-state index in [1.807, 2.05) is 38.1 Å². The minimum atomic E-state index is -0.111. The quantitative estimate of drug-likeness (QED) is 0.701. The Balaban J connectivity index is 2.32.